The van der Waals surface area contributed by atoms with Gasteiger partial charge >= 0.3 is 24.3 Å². The summed E-state index contributed by atoms with van der Waals surface area (Å²) in [6, 6.07) is 2.09. The summed E-state index contributed by atoms with van der Waals surface area (Å²) >= 11 is 0. The molecule has 0 N–H and O–H groups in total. The van der Waals surface area contributed by atoms with Crippen molar-refractivity contribution in [3.63, 3.8) is 0 Å². The second kappa shape index (κ2) is 8.67. The van der Waals surface area contributed by atoms with Gasteiger partial charge in [0.1, 0.15) is 0 Å². The Morgan fingerprint density at radius 2 is 1.23 bits per heavy atom. The quantitative estimate of drug-likeness (QED) is 0.506. The molecular formula is C18H14F6N2O4. The fourth-order valence-electron chi connectivity index (χ4n) is 2.61. The van der Waals surface area contributed by atoms with E-state index in [1.165, 1.54) is 13.8 Å². The van der Waals surface area contributed by atoms with Crippen molar-refractivity contribution in [1.29, 1.82) is 0 Å². The normalized spacial score (nSPS) is 11.9. The van der Waals surface area contributed by atoms with Gasteiger partial charge in [-0.1, -0.05) is 0 Å². The molecule has 2 aromatic heterocycles. The van der Waals surface area contributed by atoms with E-state index in [2.05, 4.69) is 19.4 Å². The van der Waals surface area contributed by atoms with Crippen LogP contribution in [-0.2, 0) is 21.8 Å². The molecule has 0 amide bonds. The number of esters is 2. The van der Waals surface area contributed by atoms with Gasteiger partial charge in [0, 0.05) is 18.0 Å². The van der Waals surface area contributed by atoms with Crippen LogP contribution in [-0.4, -0.2) is 35.1 Å². The first kappa shape index (κ1) is 23.1. The molecule has 6 nitrogen and oxygen atoms in total. The Hall–Kier alpha value is -3.18. The van der Waals surface area contributed by atoms with Crippen molar-refractivity contribution in [3.05, 3.63) is 47.0 Å². The average Bonchev–Trinajstić information content (AvgIpc) is 2.65. The summed E-state index contributed by atoms with van der Waals surface area (Å²) < 4.78 is 91.0. The standard InChI is InChI=1S/C18H14F6N2O4/c1-3-29-15(27)11-10(9-5-7-25-8-6-9)12(16(28)30-4-2)14(18(22,23)24)26-13(11)17(19,20)21/h5-8H,3-4H2,1-2H3. The lowest BCUT2D eigenvalue weighted by molar-refractivity contribution is -0.150. The molecule has 0 aliphatic heterocycles. The minimum atomic E-state index is -5.46. The maximum Gasteiger partial charge on any atom is 0.434 e. The summed E-state index contributed by atoms with van der Waals surface area (Å²) in [6.07, 6.45) is -8.78. The molecule has 0 radical (unpaired) electrons. The summed E-state index contributed by atoms with van der Waals surface area (Å²) in [7, 11) is 0. The molecule has 0 spiro atoms. The van der Waals surface area contributed by atoms with Gasteiger partial charge in [0.15, 0.2) is 11.4 Å². The Bertz CT molecular complexity index is 888. The van der Waals surface area contributed by atoms with E-state index in [4.69, 9.17) is 0 Å². The maximum atomic E-state index is 13.6. The summed E-state index contributed by atoms with van der Waals surface area (Å²) in [6.45, 7) is 1.84. The highest BCUT2D eigenvalue weighted by Crippen LogP contribution is 2.43. The Balaban J connectivity index is 3.14. The Kier molecular flexibility index (Phi) is 6.68. The molecule has 0 unspecified atom stereocenters. The van der Waals surface area contributed by atoms with E-state index < -0.39 is 52.4 Å². The van der Waals surface area contributed by atoms with Gasteiger partial charge < -0.3 is 9.47 Å². The van der Waals surface area contributed by atoms with Gasteiger partial charge in [0.05, 0.1) is 24.3 Å². The lowest BCUT2D eigenvalue weighted by Gasteiger charge is -2.22. The molecule has 2 rings (SSSR count). The van der Waals surface area contributed by atoms with Gasteiger partial charge in [-0.05, 0) is 31.5 Å². The highest BCUT2D eigenvalue weighted by atomic mass is 19.4. The van der Waals surface area contributed by atoms with Crippen molar-refractivity contribution in [2.24, 2.45) is 0 Å². The summed E-state index contributed by atoms with van der Waals surface area (Å²) in [4.78, 5) is 31.1. The Morgan fingerprint density at radius 1 is 0.833 bits per heavy atom. The van der Waals surface area contributed by atoms with Gasteiger partial charge in [0.25, 0.3) is 0 Å². The molecule has 0 saturated carbocycles. The predicted octanol–water partition coefficient (Wildman–Crippen LogP) is 4.53. The first-order valence-corrected chi connectivity index (χ1v) is 8.40. The molecule has 0 atom stereocenters. The van der Waals surface area contributed by atoms with Crippen molar-refractivity contribution >= 4 is 11.9 Å². The van der Waals surface area contributed by atoms with Gasteiger partial charge in [-0.2, -0.15) is 26.3 Å². The first-order valence-electron chi connectivity index (χ1n) is 8.40. The van der Waals surface area contributed by atoms with Crippen LogP contribution in [0, 0.1) is 0 Å². The van der Waals surface area contributed by atoms with Crippen molar-refractivity contribution in [2.45, 2.75) is 26.2 Å². The number of alkyl halides is 6. The summed E-state index contributed by atoms with van der Waals surface area (Å²) in [5.41, 5.74) is -8.18. The van der Waals surface area contributed by atoms with E-state index in [-0.39, 0.29) is 18.8 Å². The van der Waals surface area contributed by atoms with Crippen LogP contribution in [0.15, 0.2) is 24.5 Å². The fourth-order valence-corrected chi connectivity index (χ4v) is 2.61. The zero-order valence-electron chi connectivity index (χ0n) is 15.5. The lowest BCUT2D eigenvalue weighted by Crippen LogP contribution is -2.27. The molecule has 2 heterocycles. The molecule has 0 bridgehead atoms. The van der Waals surface area contributed by atoms with Crippen LogP contribution in [0.25, 0.3) is 11.1 Å². The number of rotatable bonds is 5. The van der Waals surface area contributed by atoms with E-state index in [1.54, 1.807) is 0 Å². The Morgan fingerprint density at radius 3 is 1.57 bits per heavy atom. The van der Waals surface area contributed by atoms with Crippen LogP contribution >= 0.6 is 0 Å². The highest BCUT2D eigenvalue weighted by molar-refractivity contribution is 6.07. The van der Waals surface area contributed by atoms with E-state index in [9.17, 15) is 35.9 Å². The van der Waals surface area contributed by atoms with Gasteiger partial charge in [0.2, 0.25) is 0 Å². The minimum absolute atomic E-state index is 0.311. The van der Waals surface area contributed by atoms with Crippen LogP contribution in [0.5, 0.6) is 0 Å². The number of hydrogen-bond acceptors (Lipinski definition) is 6. The van der Waals surface area contributed by atoms with Crippen molar-refractivity contribution < 1.29 is 45.4 Å². The number of hydrogen-bond donors (Lipinski definition) is 0. The van der Waals surface area contributed by atoms with Gasteiger partial charge in [-0.3, -0.25) is 4.98 Å². The molecule has 30 heavy (non-hydrogen) atoms. The Labute approximate surface area is 165 Å². The third-order valence-electron chi connectivity index (χ3n) is 3.66. The third-order valence-corrected chi connectivity index (χ3v) is 3.66. The molecule has 0 aromatic carbocycles. The zero-order valence-corrected chi connectivity index (χ0v) is 15.5. The molecule has 0 saturated heterocycles. The van der Waals surface area contributed by atoms with E-state index in [0.29, 0.717) is 0 Å². The molecule has 0 aliphatic rings. The number of nitrogens with zero attached hydrogens (tertiary/aromatic N) is 2. The predicted molar refractivity (Wildman–Crippen MR) is 89.4 cm³/mol. The number of halogens is 6. The van der Waals surface area contributed by atoms with Crippen molar-refractivity contribution in [1.82, 2.24) is 9.97 Å². The number of pyridine rings is 2. The third kappa shape index (κ3) is 4.69. The number of aromatic nitrogens is 2. The number of carbonyl (C=O) groups excluding carboxylic acids is 2. The largest absolute Gasteiger partial charge is 0.462 e. The molecule has 162 valence electrons. The van der Waals surface area contributed by atoms with Crippen LogP contribution in [0.1, 0.15) is 46.0 Å². The second-order valence-electron chi connectivity index (χ2n) is 5.61. The SMILES string of the molecule is CCOC(=O)c1c(C(F)(F)F)nc(C(F)(F)F)c(C(=O)OCC)c1-c1ccncc1. The van der Waals surface area contributed by atoms with Crippen LogP contribution in [0.2, 0.25) is 0 Å². The first-order chi connectivity index (χ1) is 13.9. The van der Waals surface area contributed by atoms with Crippen molar-refractivity contribution in [2.75, 3.05) is 13.2 Å². The van der Waals surface area contributed by atoms with Crippen LogP contribution < -0.4 is 0 Å². The second-order valence-corrected chi connectivity index (χ2v) is 5.61. The smallest absolute Gasteiger partial charge is 0.434 e. The molecule has 0 aliphatic carbocycles. The number of ether oxygens (including phenoxy) is 2. The molecule has 12 heteroatoms. The van der Waals surface area contributed by atoms with Crippen LogP contribution in [0.3, 0.4) is 0 Å². The summed E-state index contributed by atoms with van der Waals surface area (Å²) in [5, 5.41) is 0. The van der Waals surface area contributed by atoms with Crippen LogP contribution in [0.4, 0.5) is 26.3 Å². The highest BCUT2D eigenvalue weighted by Gasteiger charge is 2.47. The number of carbonyl (C=O) groups is 2. The minimum Gasteiger partial charge on any atom is -0.462 e. The van der Waals surface area contributed by atoms with E-state index >= 15 is 0 Å². The fraction of sp³-hybridized carbons (Fsp3) is 0.333. The van der Waals surface area contributed by atoms with Gasteiger partial charge in [-0.25, -0.2) is 14.6 Å². The van der Waals surface area contributed by atoms with Crippen molar-refractivity contribution in [3.8, 4) is 11.1 Å². The average molecular weight is 436 g/mol. The monoisotopic (exact) mass is 436 g/mol. The van der Waals surface area contributed by atoms with E-state index in [0.717, 1.165) is 24.5 Å². The molecule has 0 fully saturated rings. The van der Waals surface area contributed by atoms with E-state index in [1.807, 2.05) is 0 Å². The zero-order chi connectivity index (χ0) is 22.7. The molecular weight excluding hydrogens is 422 g/mol. The molecule has 2 aromatic rings. The topological polar surface area (TPSA) is 78.4 Å². The van der Waals surface area contributed by atoms with Gasteiger partial charge in [-0.15, -0.1) is 0 Å². The lowest BCUT2D eigenvalue weighted by atomic mass is 9.92. The maximum absolute atomic E-state index is 13.6. The summed E-state index contributed by atoms with van der Waals surface area (Å²) in [5.74, 6) is -3.19.